The lowest BCUT2D eigenvalue weighted by Crippen LogP contribution is -2.39. The number of hydrogen-bond acceptors (Lipinski definition) is 8. The fraction of sp³-hybridized carbons (Fsp3) is 0.429. The van der Waals surface area contributed by atoms with E-state index in [1.807, 2.05) is 0 Å². The van der Waals surface area contributed by atoms with Gasteiger partial charge in [0.05, 0.1) is 23.9 Å². The zero-order chi connectivity index (χ0) is 30.9. The largest absolute Gasteiger partial charge is 0.489 e. The molecular weight excluding hydrogens is 632 g/mol. The summed E-state index contributed by atoms with van der Waals surface area (Å²) in [5.74, 6) is -2.68. The average Bonchev–Trinajstić information content (AvgIpc) is 3.88. The van der Waals surface area contributed by atoms with Crippen molar-refractivity contribution in [3.8, 4) is 23.0 Å². The fourth-order valence-corrected chi connectivity index (χ4v) is 5.70. The number of ether oxygens (including phenoxy) is 2. The number of nitrogens with one attached hydrogen (secondary N) is 2. The normalized spacial score (nSPS) is 16.2. The van der Waals surface area contributed by atoms with Crippen LogP contribution in [0.25, 0.3) is 11.5 Å². The van der Waals surface area contributed by atoms with Gasteiger partial charge in [-0.1, -0.05) is 6.07 Å². The van der Waals surface area contributed by atoms with Gasteiger partial charge in [-0.3, -0.25) is 4.79 Å². The quantitative estimate of drug-likeness (QED) is 0.205. The number of nitrogens with two attached hydrogens (primary N) is 1. The van der Waals surface area contributed by atoms with Gasteiger partial charge in [0.25, 0.3) is 5.91 Å². The summed E-state index contributed by atoms with van der Waals surface area (Å²) in [5.41, 5.74) is 5.89. The van der Waals surface area contributed by atoms with Gasteiger partial charge in [-0.25, -0.2) is 26.9 Å². The van der Waals surface area contributed by atoms with Crippen molar-refractivity contribution in [3.63, 3.8) is 0 Å². The Balaban J connectivity index is 0.00000442. The summed E-state index contributed by atoms with van der Waals surface area (Å²) in [6, 6.07) is 4.66. The molecule has 1 amide bonds. The summed E-state index contributed by atoms with van der Waals surface area (Å²) in [5, 5.41) is 1.98. The highest BCUT2D eigenvalue weighted by atomic mass is 35.5. The molecule has 2 atom stereocenters. The summed E-state index contributed by atoms with van der Waals surface area (Å²) in [6.07, 6.45) is 2.90. The maximum Gasteiger partial charge on any atom is 0.387 e. The zero-order valence-electron chi connectivity index (χ0n) is 23.4. The van der Waals surface area contributed by atoms with Crippen molar-refractivity contribution in [2.75, 3.05) is 13.2 Å². The van der Waals surface area contributed by atoms with E-state index in [1.54, 1.807) is 0 Å². The van der Waals surface area contributed by atoms with E-state index in [0.717, 1.165) is 25.0 Å². The Labute approximate surface area is 257 Å². The van der Waals surface area contributed by atoms with E-state index < -0.39 is 58.1 Å². The molecular formula is C28H31ClF4N4O6S. The number of nitrogens with zero attached hydrogens (tertiary/aromatic N) is 1. The molecule has 1 heterocycles. The standard InChI is InChI=1S/C28H30F4N4O6S.ClH/c1-14(33)25-24(36-27(42-25)16-4-9-22(41-28(31)32)23(10-16)40-13-15-2-3-15)26(37)35-21(12-34-43(38,39)18-6-7-18)19-8-5-17(29)11-20(19)30;/h4-5,8-11,14-15,18,21,28,34H,2-3,6-7,12-13,33H2,1H3,(H,35,37);1H/t14-,21?;/m0./s1. The van der Waals surface area contributed by atoms with Crippen LogP contribution in [0.3, 0.4) is 0 Å². The lowest BCUT2D eigenvalue weighted by atomic mass is 10.1. The molecule has 2 aliphatic carbocycles. The summed E-state index contributed by atoms with van der Waals surface area (Å²) in [7, 11) is -3.71. The van der Waals surface area contributed by atoms with E-state index in [0.29, 0.717) is 31.4 Å². The van der Waals surface area contributed by atoms with Crippen molar-refractivity contribution >= 4 is 28.3 Å². The van der Waals surface area contributed by atoms with Gasteiger partial charge in [0, 0.05) is 23.7 Å². The fourth-order valence-electron chi connectivity index (χ4n) is 4.31. The number of carbonyl (C=O) groups excluding carboxylic acids is 1. The summed E-state index contributed by atoms with van der Waals surface area (Å²) < 4.78 is 97.6. The van der Waals surface area contributed by atoms with Crippen LogP contribution in [0.5, 0.6) is 11.5 Å². The Kier molecular flexibility index (Phi) is 10.4. The van der Waals surface area contributed by atoms with Gasteiger partial charge in [0.1, 0.15) is 11.6 Å². The Morgan fingerprint density at radius 2 is 1.84 bits per heavy atom. The predicted octanol–water partition coefficient (Wildman–Crippen LogP) is 5.00. The van der Waals surface area contributed by atoms with E-state index in [2.05, 4.69) is 19.8 Å². The number of benzene rings is 2. The van der Waals surface area contributed by atoms with Crippen LogP contribution in [0.2, 0.25) is 0 Å². The van der Waals surface area contributed by atoms with Crippen molar-refractivity contribution in [1.29, 1.82) is 0 Å². The van der Waals surface area contributed by atoms with Gasteiger partial charge in [0.15, 0.2) is 23.0 Å². The molecule has 2 aliphatic rings. The Bertz CT molecular complexity index is 1600. The summed E-state index contributed by atoms with van der Waals surface area (Å²) >= 11 is 0. The molecule has 0 bridgehead atoms. The minimum Gasteiger partial charge on any atom is -0.489 e. The van der Waals surface area contributed by atoms with Gasteiger partial charge < -0.3 is 24.9 Å². The third-order valence-corrected chi connectivity index (χ3v) is 8.87. The van der Waals surface area contributed by atoms with Crippen LogP contribution in [-0.4, -0.2) is 44.3 Å². The topological polar surface area (TPSA) is 146 Å². The van der Waals surface area contributed by atoms with Gasteiger partial charge >= 0.3 is 6.61 Å². The highest BCUT2D eigenvalue weighted by Crippen LogP contribution is 2.37. The molecule has 4 N–H and O–H groups in total. The Morgan fingerprint density at radius 1 is 1.11 bits per heavy atom. The molecule has 44 heavy (non-hydrogen) atoms. The molecule has 16 heteroatoms. The van der Waals surface area contributed by atoms with Crippen molar-refractivity contribution in [1.82, 2.24) is 15.0 Å². The van der Waals surface area contributed by atoms with E-state index in [9.17, 15) is 30.8 Å². The average molecular weight is 663 g/mol. The number of carbonyl (C=O) groups is 1. The molecule has 0 spiro atoms. The zero-order valence-corrected chi connectivity index (χ0v) is 25.0. The molecule has 1 unspecified atom stereocenters. The number of hydrogen-bond donors (Lipinski definition) is 3. The number of sulfonamides is 1. The summed E-state index contributed by atoms with van der Waals surface area (Å²) in [6.45, 7) is -1.66. The summed E-state index contributed by atoms with van der Waals surface area (Å²) in [4.78, 5) is 17.8. The molecule has 5 rings (SSSR count). The van der Waals surface area contributed by atoms with Crippen molar-refractivity contribution in [3.05, 3.63) is 65.1 Å². The minimum absolute atomic E-state index is 0. The van der Waals surface area contributed by atoms with Gasteiger partial charge in [-0.05, 0) is 62.8 Å². The molecule has 2 fully saturated rings. The first-order valence-electron chi connectivity index (χ1n) is 13.6. The van der Waals surface area contributed by atoms with Crippen LogP contribution in [0.1, 0.15) is 66.5 Å². The molecule has 1 aromatic heterocycles. The molecule has 3 aromatic rings. The molecule has 2 aromatic carbocycles. The lowest BCUT2D eigenvalue weighted by Gasteiger charge is -2.20. The molecule has 240 valence electrons. The number of amides is 1. The van der Waals surface area contributed by atoms with Crippen LogP contribution in [0, 0.1) is 17.6 Å². The molecule has 0 saturated heterocycles. The molecule has 10 nitrogen and oxygen atoms in total. The van der Waals surface area contributed by atoms with Gasteiger partial charge in [-0.15, -0.1) is 12.4 Å². The SMILES string of the molecule is C[C@H](N)c1oc(-c2ccc(OC(F)F)c(OCC3CC3)c2)nc1C(=O)NC(CNS(=O)(=O)C1CC1)c1ccc(F)cc1F.Cl. The first-order chi connectivity index (χ1) is 20.4. The molecule has 0 radical (unpaired) electrons. The second kappa shape index (κ2) is 13.7. The molecule has 0 aliphatic heterocycles. The van der Waals surface area contributed by atoms with Gasteiger partial charge in [0.2, 0.25) is 15.9 Å². The lowest BCUT2D eigenvalue weighted by molar-refractivity contribution is -0.0515. The maximum absolute atomic E-state index is 14.8. The monoisotopic (exact) mass is 662 g/mol. The smallest absolute Gasteiger partial charge is 0.387 e. The number of alkyl halides is 2. The van der Waals surface area contributed by atoms with Crippen LogP contribution >= 0.6 is 12.4 Å². The second-order valence-corrected chi connectivity index (χ2v) is 12.6. The van der Waals surface area contributed by atoms with E-state index in [-0.39, 0.29) is 52.4 Å². The predicted molar refractivity (Wildman–Crippen MR) is 153 cm³/mol. The first-order valence-corrected chi connectivity index (χ1v) is 15.2. The Morgan fingerprint density at radius 3 is 2.45 bits per heavy atom. The van der Waals surface area contributed by atoms with Crippen LogP contribution < -0.4 is 25.2 Å². The number of oxazole rings is 1. The van der Waals surface area contributed by atoms with E-state index >= 15 is 0 Å². The van der Waals surface area contributed by atoms with Crippen LogP contribution in [-0.2, 0) is 10.0 Å². The first kappa shape index (κ1) is 33.5. The second-order valence-electron chi connectivity index (χ2n) is 10.6. The van der Waals surface area contributed by atoms with Crippen molar-refractivity contribution in [2.24, 2.45) is 11.7 Å². The third kappa shape index (κ3) is 8.20. The van der Waals surface area contributed by atoms with Crippen molar-refractivity contribution < 1.29 is 44.7 Å². The number of aromatic nitrogens is 1. The van der Waals surface area contributed by atoms with Gasteiger partial charge in [-0.2, -0.15) is 8.78 Å². The van der Waals surface area contributed by atoms with Crippen LogP contribution in [0.4, 0.5) is 17.6 Å². The van der Waals surface area contributed by atoms with E-state index in [1.165, 1.54) is 25.1 Å². The maximum atomic E-state index is 14.8. The Hall–Kier alpha value is -3.40. The third-order valence-electron chi connectivity index (χ3n) is 6.96. The van der Waals surface area contributed by atoms with Crippen LogP contribution in [0.15, 0.2) is 40.8 Å². The highest BCUT2D eigenvalue weighted by molar-refractivity contribution is 7.90. The van der Waals surface area contributed by atoms with E-state index in [4.69, 9.17) is 14.9 Å². The number of halogens is 5. The van der Waals surface area contributed by atoms with Crippen molar-refractivity contribution in [2.45, 2.75) is 56.6 Å². The molecule has 2 saturated carbocycles. The minimum atomic E-state index is -3.71. The highest BCUT2D eigenvalue weighted by Gasteiger charge is 2.36. The number of rotatable bonds is 14.